The van der Waals surface area contributed by atoms with Gasteiger partial charge in [0.25, 0.3) is 5.56 Å². The van der Waals surface area contributed by atoms with Crippen LogP contribution in [0.5, 0.6) is 0 Å². The standard InChI is InChI=1S/C17H16N4O2S2/c1-10-2-3-13-14(6-10)25-17(18-13)19-15(22)8-21-16(23)7-11-9-24-5-4-12(11)20-21/h2-3,6-7H,4-5,8-9H2,1H3,(H,18,19,22). The summed E-state index contributed by atoms with van der Waals surface area (Å²) in [5.74, 6) is 1.51. The van der Waals surface area contributed by atoms with Gasteiger partial charge in [-0.1, -0.05) is 17.4 Å². The smallest absolute Gasteiger partial charge is 0.267 e. The first-order valence-electron chi connectivity index (χ1n) is 7.93. The molecule has 1 amide bonds. The molecule has 2 aromatic heterocycles. The highest BCUT2D eigenvalue weighted by molar-refractivity contribution is 7.98. The molecular weight excluding hydrogens is 356 g/mol. The van der Waals surface area contributed by atoms with Crippen molar-refractivity contribution in [1.29, 1.82) is 0 Å². The second kappa shape index (κ2) is 6.61. The number of hydrogen-bond donors (Lipinski definition) is 1. The molecule has 0 saturated carbocycles. The maximum atomic E-state index is 12.3. The van der Waals surface area contributed by atoms with Gasteiger partial charge in [-0.05, 0) is 35.9 Å². The number of carbonyl (C=O) groups excluding carboxylic acids is 1. The van der Waals surface area contributed by atoms with Crippen LogP contribution in [-0.4, -0.2) is 26.4 Å². The molecular formula is C17H16N4O2S2. The van der Waals surface area contributed by atoms with E-state index in [1.165, 1.54) is 16.0 Å². The summed E-state index contributed by atoms with van der Waals surface area (Å²) in [7, 11) is 0. The molecule has 0 saturated heterocycles. The third-order valence-corrected chi connectivity index (χ3v) is 5.93. The van der Waals surface area contributed by atoms with Crippen molar-refractivity contribution in [3.63, 3.8) is 0 Å². The lowest BCUT2D eigenvalue weighted by molar-refractivity contribution is -0.117. The van der Waals surface area contributed by atoms with Gasteiger partial charge in [0.1, 0.15) is 6.54 Å². The average Bonchev–Trinajstić information content (AvgIpc) is 2.96. The number of thiazole rings is 1. The molecule has 1 aliphatic rings. The number of benzene rings is 1. The molecule has 8 heteroatoms. The molecule has 0 radical (unpaired) electrons. The first-order valence-corrected chi connectivity index (χ1v) is 9.90. The number of rotatable bonds is 3. The van der Waals surface area contributed by atoms with Crippen molar-refractivity contribution in [2.45, 2.75) is 25.6 Å². The minimum absolute atomic E-state index is 0.103. The third kappa shape index (κ3) is 3.45. The summed E-state index contributed by atoms with van der Waals surface area (Å²) in [6.45, 7) is 1.91. The number of anilines is 1. The van der Waals surface area contributed by atoms with E-state index < -0.39 is 0 Å². The molecule has 25 heavy (non-hydrogen) atoms. The van der Waals surface area contributed by atoms with Crippen molar-refractivity contribution in [2.75, 3.05) is 11.1 Å². The quantitative estimate of drug-likeness (QED) is 0.765. The molecule has 0 spiro atoms. The summed E-state index contributed by atoms with van der Waals surface area (Å²) in [6, 6.07) is 7.56. The Balaban J connectivity index is 1.52. The zero-order chi connectivity index (χ0) is 17.4. The second-order valence-corrected chi connectivity index (χ2v) is 8.09. The van der Waals surface area contributed by atoms with Gasteiger partial charge in [0.15, 0.2) is 5.13 Å². The molecule has 3 aromatic rings. The van der Waals surface area contributed by atoms with E-state index in [2.05, 4.69) is 15.4 Å². The van der Waals surface area contributed by atoms with Gasteiger partial charge in [0.05, 0.1) is 15.9 Å². The molecule has 4 rings (SSSR count). The first-order chi connectivity index (χ1) is 12.1. The highest BCUT2D eigenvalue weighted by Gasteiger charge is 2.15. The van der Waals surface area contributed by atoms with Crippen molar-refractivity contribution < 1.29 is 4.79 Å². The van der Waals surface area contributed by atoms with Crippen molar-refractivity contribution in [1.82, 2.24) is 14.8 Å². The molecule has 1 N–H and O–H groups in total. The van der Waals surface area contributed by atoms with Gasteiger partial charge in [-0.3, -0.25) is 9.59 Å². The SMILES string of the molecule is Cc1ccc2nc(NC(=O)Cn3nc4c(cc3=O)CSCC4)sc2c1. The maximum Gasteiger partial charge on any atom is 0.267 e. The highest BCUT2D eigenvalue weighted by atomic mass is 32.2. The number of amides is 1. The van der Waals surface area contributed by atoms with Crippen molar-refractivity contribution >= 4 is 44.4 Å². The lowest BCUT2D eigenvalue weighted by Crippen LogP contribution is -2.31. The van der Waals surface area contributed by atoms with Crippen LogP contribution in [0.2, 0.25) is 0 Å². The Bertz CT molecular complexity index is 1030. The summed E-state index contributed by atoms with van der Waals surface area (Å²) in [6.07, 6.45) is 0.832. The van der Waals surface area contributed by atoms with E-state index in [1.54, 1.807) is 17.8 Å². The Morgan fingerprint density at radius 2 is 2.24 bits per heavy atom. The third-order valence-electron chi connectivity index (χ3n) is 3.99. The Kier molecular flexibility index (Phi) is 4.30. The number of hydrogen-bond acceptors (Lipinski definition) is 6. The fraction of sp³-hybridized carbons (Fsp3) is 0.294. The molecule has 0 bridgehead atoms. The first kappa shape index (κ1) is 16.3. The van der Waals surface area contributed by atoms with E-state index in [0.717, 1.165) is 45.0 Å². The molecule has 0 fully saturated rings. The van der Waals surface area contributed by atoms with Crippen molar-refractivity contribution in [3.8, 4) is 0 Å². The fourth-order valence-electron chi connectivity index (χ4n) is 2.75. The molecule has 3 heterocycles. The van der Waals surface area contributed by atoms with Gasteiger partial charge in [-0.25, -0.2) is 9.67 Å². The predicted molar refractivity (Wildman–Crippen MR) is 101 cm³/mol. The number of carbonyl (C=O) groups is 1. The number of aromatic nitrogens is 3. The van der Waals surface area contributed by atoms with Gasteiger partial charge < -0.3 is 5.32 Å². The van der Waals surface area contributed by atoms with Crippen LogP contribution in [0.15, 0.2) is 29.1 Å². The number of nitrogens with one attached hydrogen (secondary N) is 1. The van der Waals surface area contributed by atoms with Gasteiger partial charge in [0, 0.05) is 18.2 Å². The number of fused-ring (bicyclic) bond motifs is 2. The Morgan fingerprint density at radius 1 is 1.36 bits per heavy atom. The monoisotopic (exact) mass is 372 g/mol. The van der Waals surface area contributed by atoms with Crippen LogP contribution < -0.4 is 10.9 Å². The van der Waals surface area contributed by atoms with E-state index in [4.69, 9.17) is 0 Å². The minimum atomic E-state index is -0.296. The summed E-state index contributed by atoms with van der Waals surface area (Å²) in [4.78, 5) is 28.9. The largest absolute Gasteiger partial charge is 0.300 e. The number of nitrogens with zero attached hydrogens (tertiary/aromatic N) is 3. The van der Waals surface area contributed by atoms with E-state index in [-0.39, 0.29) is 18.0 Å². The zero-order valence-electron chi connectivity index (χ0n) is 13.6. The predicted octanol–water partition coefficient (Wildman–Crippen LogP) is 2.59. The van der Waals surface area contributed by atoms with Gasteiger partial charge in [0.2, 0.25) is 5.91 Å². The normalized spacial score (nSPS) is 13.6. The van der Waals surface area contributed by atoms with Crippen molar-refractivity contribution in [2.24, 2.45) is 0 Å². The van der Waals surface area contributed by atoms with E-state index in [1.807, 2.05) is 25.1 Å². The average molecular weight is 372 g/mol. The Labute approximate surface area is 152 Å². The lowest BCUT2D eigenvalue weighted by Gasteiger charge is -2.15. The summed E-state index contributed by atoms with van der Waals surface area (Å²) < 4.78 is 2.26. The zero-order valence-corrected chi connectivity index (χ0v) is 15.2. The molecule has 1 aliphatic heterocycles. The summed E-state index contributed by atoms with van der Waals surface area (Å²) in [5, 5.41) is 7.67. The summed E-state index contributed by atoms with van der Waals surface area (Å²) >= 11 is 3.22. The van der Waals surface area contributed by atoms with Crippen molar-refractivity contribution in [3.05, 3.63) is 51.4 Å². The minimum Gasteiger partial charge on any atom is -0.300 e. The number of aryl methyl sites for hydroxylation is 2. The topological polar surface area (TPSA) is 76.9 Å². The van der Waals surface area contributed by atoms with Gasteiger partial charge in [-0.15, -0.1) is 0 Å². The Morgan fingerprint density at radius 3 is 3.12 bits per heavy atom. The second-order valence-electron chi connectivity index (χ2n) is 5.95. The maximum absolute atomic E-state index is 12.3. The molecule has 128 valence electrons. The highest BCUT2D eigenvalue weighted by Crippen LogP contribution is 2.26. The van der Waals surface area contributed by atoms with Crippen LogP contribution in [0.3, 0.4) is 0 Å². The van der Waals surface area contributed by atoms with Crippen LogP contribution in [0, 0.1) is 6.92 Å². The molecule has 1 aromatic carbocycles. The van der Waals surface area contributed by atoms with Crippen LogP contribution >= 0.6 is 23.1 Å². The molecule has 0 aliphatic carbocycles. The van der Waals surface area contributed by atoms with Crippen LogP contribution in [0.1, 0.15) is 16.8 Å². The lowest BCUT2D eigenvalue weighted by atomic mass is 10.2. The Hall–Kier alpha value is -2.19. The fourth-order valence-corrected chi connectivity index (χ4v) is 4.68. The van der Waals surface area contributed by atoms with Gasteiger partial charge >= 0.3 is 0 Å². The van der Waals surface area contributed by atoms with E-state index in [9.17, 15) is 9.59 Å². The number of thioether (sulfide) groups is 1. The summed E-state index contributed by atoms with van der Waals surface area (Å²) in [5.41, 5.74) is 3.67. The molecule has 0 unspecified atom stereocenters. The molecule has 6 nitrogen and oxygen atoms in total. The van der Waals surface area contributed by atoms with Gasteiger partial charge in [-0.2, -0.15) is 16.9 Å². The van der Waals surface area contributed by atoms with E-state index in [0.29, 0.717) is 5.13 Å². The van der Waals surface area contributed by atoms with Crippen LogP contribution in [0.4, 0.5) is 5.13 Å². The van der Waals surface area contributed by atoms with E-state index >= 15 is 0 Å². The van der Waals surface area contributed by atoms with Crippen LogP contribution in [0.25, 0.3) is 10.2 Å². The molecule has 0 atom stereocenters. The van der Waals surface area contributed by atoms with Crippen LogP contribution in [-0.2, 0) is 23.5 Å².